The van der Waals surface area contributed by atoms with E-state index < -0.39 is 30.3 Å². The number of ketones is 1. The average molecular weight is 413 g/mol. The first-order chi connectivity index (χ1) is 14.5. The van der Waals surface area contributed by atoms with E-state index in [1.165, 1.54) is 30.5 Å². The second-order valence-corrected chi connectivity index (χ2v) is 6.09. The molecule has 0 aliphatic rings. The molecule has 0 fully saturated rings. The van der Waals surface area contributed by atoms with Gasteiger partial charge in [0.25, 0.3) is 5.91 Å². The van der Waals surface area contributed by atoms with Crippen molar-refractivity contribution in [2.45, 2.75) is 13.0 Å². The fraction of sp³-hybridized carbons (Fsp3) is 0.238. The highest BCUT2D eigenvalue weighted by molar-refractivity contribution is 6.04. The number of nitrogens with one attached hydrogen (secondary N) is 1. The second kappa shape index (κ2) is 11.3. The Kier molecular flexibility index (Phi) is 8.52. The van der Waals surface area contributed by atoms with E-state index in [-0.39, 0.29) is 18.8 Å². The summed E-state index contributed by atoms with van der Waals surface area (Å²) in [6, 6.07) is 11.3. The van der Waals surface area contributed by atoms with Crippen molar-refractivity contribution in [3.8, 4) is 5.75 Å². The number of amides is 1. The number of ether oxygens (including phenoxy) is 2. The lowest BCUT2D eigenvalue weighted by atomic mass is 10.0. The van der Waals surface area contributed by atoms with Crippen molar-refractivity contribution in [3.05, 3.63) is 65.2 Å². The Morgan fingerprint density at radius 2 is 1.73 bits per heavy atom. The van der Waals surface area contributed by atoms with E-state index in [1.54, 1.807) is 31.2 Å². The first kappa shape index (κ1) is 22.6. The van der Waals surface area contributed by atoms with Crippen molar-refractivity contribution in [1.82, 2.24) is 5.32 Å². The van der Waals surface area contributed by atoms with Crippen molar-refractivity contribution in [2.75, 3.05) is 19.8 Å². The Bertz CT molecular complexity index is 894. The maximum atomic E-state index is 12.6. The number of hydrazone groups is 1. The summed E-state index contributed by atoms with van der Waals surface area (Å²) in [5.41, 5.74) is 1.31. The van der Waals surface area contributed by atoms with Crippen LogP contribution < -0.4 is 15.9 Å². The van der Waals surface area contributed by atoms with Crippen LogP contribution in [0.4, 0.5) is 0 Å². The molecule has 0 aliphatic heterocycles. The Hall–Kier alpha value is -3.72. The molecule has 0 heterocycles. The highest BCUT2D eigenvalue weighted by atomic mass is 16.6. The number of hydrogen-bond acceptors (Lipinski definition) is 8. The van der Waals surface area contributed by atoms with Crippen LogP contribution in [0.15, 0.2) is 53.6 Å². The number of Topliss-reactive ketones (excluding diaryl/α,β-unsaturated/α-hetero) is 1. The van der Waals surface area contributed by atoms with Crippen LogP contribution in [-0.2, 0) is 9.53 Å². The van der Waals surface area contributed by atoms with Crippen LogP contribution in [0, 0.1) is 0 Å². The molecule has 4 N–H and O–H groups in total. The minimum absolute atomic E-state index is 0.244. The van der Waals surface area contributed by atoms with Gasteiger partial charge < -0.3 is 25.7 Å². The lowest BCUT2D eigenvalue weighted by Crippen LogP contribution is -2.43. The molecule has 2 aromatic carbocycles. The van der Waals surface area contributed by atoms with Crippen LogP contribution in [0.2, 0.25) is 0 Å². The summed E-state index contributed by atoms with van der Waals surface area (Å²) in [5, 5.41) is 15.5. The van der Waals surface area contributed by atoms with E-state index in [1.807, 2.05) is 0 Å². The van der Waals surface area contributed by atoms with Gasteiger partial charge in [-0.3, -0.25) is 9.59 Å². The quantitative estimate of drug-likeness (QED) is 0.173. The summed E-state index contributed by atoms with van der Waals surface area (Å²) >= 11 is 0. The molecule has 9 heteroatoms. The molecule has 1 amide bonds. The number of hydrogen-bond donors (Lipinski definition) is 3. The molecule has 0 saturated heterocycles. The molecule has 0 spiro atoms. The SMILES string of the molecule is CCOC(=O)COc1ccc(C(=O)[C@H](CO)NC(=O)c2ccc(C=NN)cc2)cc1. The van der Waals surface area contributed by atoms with Gasteiger partial charge in [-0.15, -0.1) is 0 Å². The Labute approximate surface area is 173 Å². The van der Waals surface area contributed by atoms with Crippen LogP contribution in [-0.4, -0.2) is 54.8 Å². The van der Waals surface area contributed by atoms with Gasteiger partial charge in [-0.25, -0.2) is 4.79 Å². The third-order valence-electron chi connectivity index (χ3n) is 4.00. The summed E-state index contributed by atoms with van der Waals surface area (Å²) in [4.78, 5) is 36.3. The summed E-state index contributed by atoms with van der Waals surface area (Å²) in [5.74, 6) is 3.99. The van der Waals surface area contributed by atoms with E-state index in [9.17, 15) is 19.5 Å². The van der Waals surface area contributed by atoms with E-state index in [0.29, 0.717) is 16.9 Å². The third kappa shape index (κ3) is 6.42. The third-order valence-corrected chi connectivity index (χ3v) is 4.00. The lowest BCUT2D eigenvalue weighted by molar-refractivity contribution is -0.145. The van der Waals surface area contributed by atoms with E-state index in [0.717, 1.165) is 0 Å². The number of carbonyl (C=O) groups excluding carboxylic acids is 3. The largest absolute Gasteiger partial charge is 0.482 e. The average Bonchev–Trinajstić information content (AvgIpc) is 2.76. The van der Waals surface area contributed by atoms with Gasteiger partial charge in [0, 0.05) is 11.1 Å². The van der Waals surface area contributed by atoms with Crippen molar-refractivity contribution < 1.29 is 29.0 Å². The Balaban J connectivity index is 1.99. The van der Waals surface area contributed by atoms with Gasteiger partial charge in [0.05, 0.1) is 19.4 Å². The van der Waals surface area contributed by atoms with Gasteiger partial charge in [0.1, 0.15) is 11.8 Å². The number of benzene rings is 2. The minimum Gasteiger partial charge on any atom is -0.482 e. The molecule has 30 heavy (non-hydrogen) atoms. The first-order valence-corrected chi connectivity index (χ1v) is 9.16. The minimum atomic E-state index is -1.12. The molecule has 158 valence electrons. The number of aliphatic hydroxyl groups is 1. The first-order valence-electron chi connectivity index (χ1n) is 9.16. The maximum absolute atomic E-state index is 12.6. The van der Waals surface area contributed by atoms with Crippen LogP contribution in [0.3, 0.4) is 0 Å². The van der Waals surface area contributed by atoms with E-state index in [2.05, 4.69) is 10.4 Å². The summed E-state index contributed by atoms with van der Waals surface area (Å²) in [6.07, 6.45) is 1.43. The molecule has 2 rings (SSSR count). The standard InChI is InChI=1S/C21H23N3O6/c1-2-29-19(26)13-30-17-9-7-15(8-10-17)20(27)18(12-25)24-21(28)16-5-3-14(4-6-16)11-23-22/h3-11,18,25H,2,12-13,22H2,1H3,(H,24,28)/t18-/m0/s1. The number of nitrogens with zero attached hydrogens (tertiary/aromatic N) is 1. The Morgan fingerprint density at radius 1 is 1.10 bits per heavy atom. The molecule has 1 atom stereocenters. The van der Waals surface area contributed by atoms with E-state index >= 15 is 0 Å². The van der Waals surface area contributed by atoms with Gasteiger partial charge in [-0.05, 0) is 48.9 Å². The second-order valence-electron chi connectivity index (χ2n) is 6.09. The van der Waals surface area contributed by atoms with E-state index in [4.69, 9.17) is 15.3 Å². The number of esters is 1. The van der Waals surface area contributed by atoms with Gasteiger partial charge in [-0.2, -0.15) is 5.10 Å². The number of nitrogens with two attached hydrogens (primary N) is 1. The number of rotatable bonds is 10. The molecule has 0 aliphatic carbocycles. The normalized spacial score (nSPS) is 11.7. The van der Waals surface area contributed by atoms with Crippen LogP contribution >= 0.6 is 0 Å². The molecular weight excluding hydrogens is 390 g/mol. The zero-order chi connectivity index (χ0) is 21.9. The van der Waals surface area contributed by atoms with Crippen LogP contribution in [0.5, 0.6) is 5.75 Å². The van der Waals surface area contributed by atoms with Gasteiger partial charge in [0.2, 0.25) is 0 Å². The molecule has 0 aromatic heterocycles. The fourth-order valence-electron chi connectivity index (χ4n) is 2.50. The molecule has 2 aromatic rings. The highest BCUT2D eigenvalue weighted by Crippen LogP contribution is 2.14. The molecule has 0 bridgehead atoms. The summed E-state index contributed by atoms with van der Waals surface area (Å²) in [6.45, 7) is 1.15. The molecule has 0 radical (unpaired) electrons. The lowest BCUT2D eigenvalue weighted by Gasteiger charge is -2.16. The zero-order valence-electron chi connectivity index (χ0n) is 16.4. The van der Waals surface area contributed by atoms with Crippen molar-refractivity contribution in [2.24, 2.45) is 10.9 Å². The van der Waals surface area contributed by atoms with Crippen LogP contribution in [0.1, 0.15) is 33.2 Å². The molecule has 9 nitrogen and oxygen atoms in total. The number of aliphatic hydroxyl groups excluding tert-OH is 1. The fourth-order valence-corrected chi connectivity index (χ4v) is 2.50. The predicted octanol–water partition coefficient (Wildman–Crippen LogP) is 0.895. The van der Waals surface area contributed by atoms with Crippen LogP contribution in [0.25, 0.3) is 0 Å². The molecular formula is C21H23N3O6. The zero-order valence-corrected chi connectivity index (χ0v) is 16.4. The van der Waals surface area contributed by atoms with Gasteiger partial charge >= 0.3 is 5.97 Å². The summed E-state index contributed by atoms with van der Waals surface area (Å²) < 4.78 is 10.0. The number of carbonyl (C=O) groups is 3. The van der Waals surface area contributed by atoms with Gasteiger partial charge in [-0.1, -0.05) is 12.1 Å². The Morgan fingerprint density at radius 3 is 2.30 bits per heavy atom. The predicted molar refractivity (Wildman–Crippen MR) is 109 cm³/mol. The van der Waals surface area contributed by atoms with Gasteiger partial charge in [0.15, 0.2) is 12.4 Å². The van der Waals surface area contributed by atoms with Crippen molar-refractivity contribution in [1.29, 1.82) is 0 Å². The summed E-state index contributed by atoms with van der Waals surface area (Å²) in [7, 11) is 0. The topological polar surface area (TPSA) is 140 Å². The highest BCUT2D eigenvalue weighted by Gasteiger charge is 2.22. The smallest absolute Gasteiger partial charge is 0.344 e. The monoisotopic (exact) mass is 413 g/mol. The molecule has 0 unspecified atom stereocenters. The maximum Gasteiger partial charge on any atom is 0.344 e. The molecule has 0 saturated carbocycles. The van der Waals surface area contributed by atoms with Crippen molar-refractivity contribution >= 4 is 23.9 Å². The van der Waals surface area contributed by atoms with Crippen molar-refractivity contribution in [3.63, 3.8) is 0 Å².